The van der Waals surface area contributed by atoms with Crippen molar-refractivity contribution in [2.24, 2.45) is 5.41 Å². The van der Waals surface area contributed by atoms with Crippen LogP contribution in [0.25, 0.3) is 0 Å². The Bertz CT molecular complexity index is 1510. The molecule has 2 aliphatic carbocycles. The summed E-state index contributed by atoms with van der Waals surface area (Å²) in [5.41, 5.74) is 16.2. The van der Waals surface area contributed by atoms with Gasteiger partial charge in [-0.15, -0.1) is 0 Å². The average molecular weight is 471 g/mol. The van der Waals surface area contributed by atoms with Crippen LogP contribution in [-0.4, -0.2) is 12.3 Å². The quantitative estimate of drug-likeness (QED) is 0.347. The number of fused-ring (bicyclic) bond motifs is 7. The smallest absolute Gasteiger partial charge is 0.247 e. The Kier molecular flexibility index (Phi) is 3.69. The van der Waals surface area contributed by atoms with E-state index in [1.54, 1.807) is 44.3 Å². The zero-order valence-electron chi connectivity index (χ0n) is 23.0. The molecule has 0 saturated heterocycles. The zero-order valence-corrected chi connectivity index (χ0v) is 23.0. The number of nitrogens with zero attached hydrogens (tertiary/aromatic N) is 1. The van der Waals surface area contributed by atoms with Crippen molar-refractivity contribution in [2.45, 2.75) is 96.4 Å². The molecule has 5 aliphatic rings. The van der Waals surface area contributed by atoms with Gasteiger partial charge in [-0.05, 0) is 82.3 Å². The molecule has 0 spiro atoms. The highest BCUT2D eigenvalue weighted by atomic mass is 15.3. The largest absolute Gasteiger partial charge is 0.335 e. The van der Waals surface area contributed by atoms with Gasteiger partial charge in [0.2, 0.25) is 6.71 Å². The fourth-order valence-corrected chi connectivity index (χ4v) is 9.74. The van der Waals surface area contributed by atoms with Crippen LogP contribution in [0.5, 0.6) is 0 Å². The van der Waals surface area contributed by atoms with Gasteiger partial charge in [0.05, 0.1) is 5.54 Å². The summed E-state index contributed by atoms with van der Waals surface area (Å²) in [5.74, 6) is 0.446. The maximum absolute atomic E-state index is 2.86. The van der Waals surface area contributed by atoms with E-state index in [-0.39, 0.29) is 21.8 Å². The lowest BCUT2D eigenvalue weighted by atomic mass is 9.31. The van der Waals surface area contributed by atoms with Crippen LogP contribution in [0.3, 0.4) is 0 Å². The zero-order chi connectivity index (χ0) is 25.0. The second-order valence-corrected chi connectivity index (χ2v) is 14.2. The standard InChI is InChI=1S/C34H38BN/c1-20-18-21-28-27-22(31(2,3)32(28,4)5)12-10-14-24(27)35-25-15-11-13-23-30(25)36(26(19-20)29(21)35)34(7)17-9-8-16-33(23,34)6/h10-15,18-19,28H,8-9,16-17H2,1-7H3. The van der Waals surface area contributed by atoms with E-state index >= 15 is 0 Å². The van der Waals surface area contributed by atoms with E-state index in [0.717, 1.165) is 0 Å². The highest BCUT2D eigenvalue weighted by molar-refractivity contribution is 6.99. The third kappa shape index (κ3) is 2.02. The predicted octanol–water partition coefficient (Wildman–Crippen LogP) is 6.33. The van der Waals surface area contributed by atoms with Crippen molar-refractivity contribution in [2.75, 3.05) is 4.90 Å². The van der Waals surface area contributed by atoms with Crippen molar-refractivity contribution in [3.05, 3.63) is 76.3 Å². The van der Waals surface area contributed by atoms with Crippen molar-refractivity contribution < 1.29 is 0 Å². The Morgan fingerprint density at radius 1 is 0.833 bits per heavy atom. The van der Waals surface area contributed by atoms with E-state index in [4.69, 9.17) is 0 Å². The number of hydrogen-bond acceptors (Lipinski definition) is 1. The fraction of sp³-hybridized carbons (Fsp3) is 0.471. The van der Waals surface area contributed by atoms with Gasteiger partial charge < -0.3 is 4.90 Å². The summed E-state index contributed by atoms with van der Waals surface area (Å²) in [5, 5.41) is 0. The van der Waals surface area contributed by atoms with Crippen molar-refractivity contribution >= 4 is 34.5 Å². The molecule has 1 saturated carbocycles. The SMILES string of the molecule is Cc1cc2c3c(c1)N1c4c(cccc4C4(C)CCCCC14C)B3c1cccc3c1C2C(C)(C)C3(C)C. The van der Waals surface area contributed by atoms with Gasteiger partial charge in [0.1, 0.15) is 0 Å². The Balaban J connectivity index is 1.54. The third-order valence-electron chi connectivity index (χ3n) is 12.4. The maximum atomic E-state index is 2.86. The molecule has 0 aromatic heterocycles. The molecule has 3 unspecified atom stereocenters. The highest BCUT2D eigenvalue weighted by Crippen LogP contribution is 2.64. The highest BCUT2D eigenvalue weighted by Gasteiger charge is 2.63. The van der Waals surface area contributed by atoms with Crippen molar-refractivity contribution in [3.63, 3.8) is 0 Å². The van der Waals surface area contributed by atoms with Gasteiger partial charge in [-0.3, -0.25) is 0 Å². The van der Waals surface area contributed by atoms with E-state index in [1.165, 1.54) is 36.9 Å². The van der Waals surface area contributed by atoms with Crippen LogP contribution in [0.2, 0.25) is 0 Å². The Labute approximate surface area is 217 Å². The number of anilines is 2. The first-order valence-corrected chi connectivity index (χ1v) is 14.3. The number of rotatable bonds is 0. The minimum Gasteiger partial charge on any atom is -0.335 e. The first kappa shape index (κ1) is 21.6. The van der Waals surface area contributed by atoms with Crippen LogP contribution in [0, 0.1) is 12.3 Å². The molecule has 3 aromatic carbocycles. The van der Waals surface area contributed by atoms with Crippen LogP contribution < -0.4 is 21.3 Å². The van der Waals surface area contributed by atoms with Crippen molar-refractivity contribution in [1.82, 2.24) is 0 Å². The number of para-hydroxylation sites is 1. The molecule has 0 radical (unpaired) electrons. The molecule has 3 aliphatic heterocycles. The molecule has 0 bridgehead atoms. The second-order valence-electron chi connectivity index (χ2n) is 14.2. The van der Waals surface area contributed by atoms with Gasteiger partial charge in [0, 0.05) is 22.7 Å². The molecule has 3 atom stereocenters. The summed E-state index contributed by atoms with van der Waals surface area (Å²) < 4.78 is 0. The fourth-order valence-electron chi connectivity index (χ4n) is 9.74. The summed E-state index contributed by atoms with van der Waals surface area (Å²) in [4.78, 5) is 2.86. The normalized spacial score (nSPS) is 31.0. The van der Waals surface area contributed by atoms with Crippen LogP contribution >= 0.6 is 0 Å². The number of aryl methyl sites for hydroxylation is 1. The summed E-state index contributed by atoms with van der Waals surface area (Å²) in [6.45, 7) is 17.9. The van der Waals surface area contributed by atoms with E-state index in [1.807, 2.05) is 0 Å². The van der Waals surface area contributed by atoms with Crippen LogP contribution in [0.1, 0.15) is 101 Å². The third-order valence-corrected chi connectivity index (χ3v) is 12.4. The van der Waals surface area contributed by atoms with Gasteiger partial charge in [0.25, 0.3) is 0 Å². The first-order valence-electron chi connectivity index (χ1n) is 14.3. The summed E-state index contributed by atoms with van der Waals surface area (Å²) in [6, 6.07) is 19.7. The molecule has 3 heterocycles. The van der Waals surface area contributed by atoms with Crippen LogP contribution in [0.15, 0.2) is 48.5 Å². The maximum Gasteiger partial charge on any atom is 0.247 e. The molecular formula is C34H38BN. The molecule has 8 rings (SSSR count). The Morgan fingerprint density at radius 3 is 2.31 bits per heavy atom. The number of benzene rings is 3. The lowest BCUT2D eigenvalue weighted by Gasteiger charge is -2.53. The van der Waals surface area contributed by atoms with Crippen molar-refractivity contribution in [1.29, 1.82) is 0 Å². The molecule has 2 heteroatoms. The van der Waals surface area contributed by atoms with E-state index in [9.17, 15) is 0 Å². The average Bonchev–Trinajstić information content (AvgIpc) is 3.14. The van der Waals surface area contributed by atoms with Gasteiger partial charge in [0.15, 0.2) is 0 Å². The Morgan fingerprint density at radius 2 is 1.53 bits per heavy atom. The molecule has 1 fully saturated rings. The second kappa shape index (κ2) is 6.15. The molecule has 1 nitrogen and oxygen atoms in total. The van der Waals surface area contributed by atoms with E-state index < -0.39 is 0 Å². The molecule has 0 N–H and O–H groups in total. The molecule has 36 heavy (non-hydrogen) atoms. The topological polar surface area (TPSA) is 3.24 Å². The summed E-state index contributed by atoms with van der Waals surface area (Å²) in [6.07, 6.45) is 5.24. The number of hydrogen-bond donors (Lipinski definition) is 0. The molecule has 0 amide bonds. The Hall–Kier alpha value is -2.48. The minimum absolute atomic E-state index is 0.127. The predicted molar refractivity (Wildman–Crippen MR) is 154 cm³/mol. The summed E-state index contributed by atoms with van der Waals surface area (Å²) in [7, 11) is 0. The minimum atomic E-state index is 0.127. The lowest BCUT2D eigenvalue weighted by molar-refractivity contribution is 0.194. The van der Waals surface area contributed by atoms with Gasteiger partial charge in [-0.2, -0.15) is 0 Å². The van der Waals surface area contributed by atoms with E-state index in [0.29, 0.717) is 12.6 Å². The lowest BCUT2D eigenvalue weighted by Crippen LogP contribution is -2.65. The first-order chi connectivity index (χ1) is 17.0. The van der Waals surface area contributed by atoms with Crippen molar-refractivity contribution in [3.8, 4) is 0 Å². The summed E-state index contributed by atoms with van der Waals surface area (Å²) >= 11 is 0. The van der Waals surface area contributed by atoms with Gasteiger partial charge >= 0.3 is 0 Å². The monoisotopic (exact) mass is 471 g/mol. The molecule has 182 valence electrons. The van der Waals surface area contributed by atoms with Crippen LogP contribution in [0.4, 0.5) is 11.4 Å². The van der Waals surface area contributed by atoms with Crippen LogP contribution in [-0.2, 0) is 10.8 Å². The molecular weight excluding hydrogens is 433 g/mol. The van der Waals surface area contributed by atoms with E-state index in [2.05, 4.69) is 102 Å². The van der Waals surface area contributed by atoms with Gasteiger partial charge in [-0.25, -0.2) is 0 Å². The molecule has 3 aromatic rings. The van der Waals surface area contributed by atoms with Gasteiger partial charge in [-0.1, -0.05) is 95.4 Å².